The number of hydrogen-bond acceptors (Lipinski definition) is 3. The molecule has 6 heteroatoms. The number of hydrogen-bond donors (Lipinski definition) is 0. The highest BCUT2D eigenvalue weighted by Gasteiger charge is 2.25. The SMILES string of the molecule is Cc1cccc(-n2c(C)cc(C=C(C#N)C(=O)N3CCN(c4cc(Cl)ccc4C)CC3)c2C)c1. The predicted octanol–water partition coefficient (Wildman–Crippen LogP) is 5.62. The molecule has 2 aromatic carbocycles. The van der Waals surface area contributed by atoms with E-state index in [1.807, 2.05) is 44.2 Å². The van der Waals surface area contributed by atoms with Gasteiger partial charge >= 0.3 is 0 Å². The van der Waals surface area contributed by atoms with Crippen LogP contribution in [0.2, 0.25) is 5.02 Å². The summed E-state index contributed by atoms with van der Waals surface area (Å²) in [6.45, 7) is 10.7. The molecule has 1 saturated heterocycles. The third-order valence-corrected chi connectivity index (χ3v) is 6.69. The Morgan fingerprint density at radius 2 is 1.74 bits per heavy atom. The third-order valence-electron chi connectivity index (χ3n) is 6.46. The van der Waals surface area contributed by atoms with Gasteiger partial charge in [0.05, 0.1) is 0 Å². The topological polar surface area (TPSA) is 52.3 Å². The Morgan fingerprint density at radius 1 is 1.00 bits per heavy atom. The summed E-state index contributed by atoms with van der Waals surface area (Å²) in [4.78, 5) is 17.2. The Bertz CT molecular complexity index is 1310. The lowest BCUT2D eigenvalue weighted by molar-refractivity contribution is -0.126. The van der Waals surface area contributed by atoms with Crippen LogP contribution < -0.4 is 4.90 Å². The Hall–Kier alpha value is -3.49. The Balaban J connectivity index is 1.53. The average Bonchev–Trinajstić information content (AvgIpc) is 3.11. The molecule has 0 aliphatic carbocycles. The van der Waals surface area contributed by atoms with Gasteiger partial charge in [-0.05, 0) is 80.8 Å². The first-order valence-electron chi connectivity index (χ1n) is 11.5. The van der Waals surface area contributed by atoms with E-state index in [1.165, 1.54) is 5.56 Å². The van der Waals surface area contributed by atoms with Gasteiger partial charge in [-0.15, -0.1) is 0 Å². The maximum Gasteiger partial charge on any atom is 0.264 e. The molecule has 0 unspecified atom stereocenters. The van der Waals surface area contributed by atoms with Crippen LogP contribution in [0.1, 0.15) is 28.1 Å². The second-order valence-corrected chi connectivity index (χ2v) is 9.32. The molecule has 0 N–H and O–H groups in total. The maximum atomic E-state index is 13.2. The van der Waals surface area contributed by atoms with Gasteiger partial charge in [0.2, 0.25) is 0 Å². The molecule has 174 valence electrons. The standard InChI is InChI=1S/C28H29ClN4O/c1-19-6-5-7-26(14-19)33-21(3)15-23(22(33)4)16-24(18-30)28(34)32-12-10-31(11-13-32)27-17-25(29)9-8-20(27)2/h5-9,14-17H,10-13H2,1-4H3. The highest BCUT2D eigenvalue weighted by Crippen LogP contribution is 2.27. The minimum absolute atomic E-state index is 0.164. The first-order chi connectivity index (χ1) is 16.3. The number of carbonyl (C=O) groups is 1. The van der Waals surface area contributed by atoms with Crippen molar-refractivity contribution in [3.05, 3.63) is 87.2 Å². The van der Waals surface area contributed by atoms with Crippen LogP contribution in [0.3, 0.4) is 0 Å². The van der Waals surface area contributed by atoms with Gasteiger partial charge in [-0.1, -0.05) is 29.8 Å². The predicted molar refractivity (Wildman–Crippen MR) is 139 cm³/mol. The molecule has 1 aliphatic rings. The maximum absolute atomic E-state index is 13.2. The van der Waals surface area contributed by atoms with E-state index in [-0.39, 0.29) is 11.5 Å². The molecular weight excluding hydrogens is 444 g/mol. The molecule has 0 radical (unpaired) electrons. The quantitative estimate of drug-likeness (QED) is 0.365. The number of anilines is 1. The Morgan fingerprint density at radius 3 is 2.41 bits per heavy atom. The highest BCUT2D eigenvalue weighted by atomic mass is 35.5. The van der Waals surface area contributed by atoms with Gasteiger partial charge in [0, 0.05) is 54.0 Å². The number of amides is 1. The number of halogens is 1. The molecule has 2 heterocycles. The minimum atomic E-state index is -0.217. The molecular formula is C28H29ClN4O. The van der Waals surface area contributed by atoms with Gasteiger partial charge in [0.15, 0.2) is 0 Å². The van der Waals surface area contributed by atoms with Crippen LogP contribution in [0.15, 0.2) is 54.1 Å². The summed E-state index contributed by atoms with van der Waals surface area (Å²) in [5.41, 5.74) is 7.63. The van der Waals surface area contributed by atoms with Crippen LogP contribution in [0.4, 0.5) is 5.69 Å². The summed E-state index contributed by atoms with van der Waals surface area (Å²) in [6.07, 6.45) is 1.73. The second-order valence-electron chi connectivity index (χ2n) is 8.88. The Kier molecular flexibility index (Phi) is 6.81. The fraction of sp³-hybridized carbons (Fsp3) is 0.286. The normalized spacial score (nSPS) is 14.3. The third kappa shape index (κ3) is 4.73. The van der Waals surface area contributed by atoms with E-state index in [1.54, 1.807) is 11.0 Å². The van der Waals surface area contributed by atoms with E-state index in [0.717, 1.165) is 33.9 Å². The number of aromatic nitrogens is 1. The lowest BCUT2D eigenvalue weighted by atomic mass is 10.1. The van der Waals surface area contributed by atoms with Crippen LogP contribution >= 0.6 is 11.6 Å². The zero-order chi connectivity index (χ0) is 24.4. The summed E-state index contributed by atoms with van der Waals surface area (Å²) in [7, 11) is 0. The summed E-state index contributed by atoms with van der Waals surface area (Å²) in [5, 5.41) is 10.5. The molecule has 0 spiro atoms. The number of nitrogens with zero attached hydrogens (tertiary/aromatic N) is 4. The first-order valence-corrected chi connectivity index (χ1v) is 11.8. The molecule has 0 saturated carbocycles. The van der Waals surface area contributed by atoms with E-state index in [4.69, 9.17) is 11.6 Å². The van der Waals surface area contributed by atoms with Crippen molar-refractivity contribution < 1.29 is 4.79 Å². The van der Waals surface area contributed by atoms with Gasteiger partial charge < -0.3 is 14.4 Å². The van der Waals surface area contributed by atoms with Crippen molar-refractivity contribution in [2.45, 2.75) is 27.7 Å². The van der Waals surface area contributed by atoms with E-state index >= 15 is 0 Å². The van der Waals surface area contributed by atoms with Gasteiger partial charge in [0.25, 0.3) is 5.91 Å². The van der Waals surface area contributed by atoms with Crippen molar-refractivity contribution in [2.24, 2.45) is 0 Å². The summed E-state index contributed by atoms with van der Waals surface area (Å²) in [5.74, 6) is -0.217. The van der Waals surface area contributed by atoms with Crippen LogP contribution in [0, 0.1) is 39.0 Å². The van der Waals surface area contributed by atoms with Crippen LogP contribution in [0.5, 0.6) is 0 Å². The minimum Gasteiger partial charge on any atom is -0.368 e. The highest BCUT2D eigenvalue weighted by molar-refractivity contribution is 6.30. The smallest absolute Gasteiger partial charge is 0.264 e. The summed E-state index contributed by atoms with van der Waals surface area (Å²) >= 11 is 6.19. The number of piperazine rings is 1. The van der Waals surface area contributed by atoms with Crippen molar-refractivity contribution in [1.29, 1.82) is 5.26 Å². The van der Waals surface area contributed by atoms with E-state index in [2.05, 4.69) is 47.6 Å². The van der Waals surface area contributed by atoms with Crippen molar-refractivity contribution in [1.82, 2.24) is 9.47 Å². The molecule has 1 fully saturated rings. The molecule has 0 bridgehead atoms. The van der Waals surface area contributed by atoms with Gasteiger partial charge in [-0.3, -0.25) is 4.79 Å². The second kappa shape index (κ2) is 9.79. The van der Waals surface area contributed by atoms with Gasteiger partial charge in [-0.25, -0.2) is 0 Å². The molecule has 3 aromatic rings. The molecule has 5 nitrogen and oxygen atoms in total. The lowest BCUT2D eigenvalue weighted by Crippen LogP contribution is -2.49. The number of benzene rings is 2. The van der Waals surface area contributed by atoms with Crippen LogP contribution in [-0.4, -0.2) is 41.6 Å². The molecule has 1 aromatic heterocycles. The van der Waals surface area contributed by atoms with Gasteiger partial charge in [-0.2, -0.15) is 5.26 Å². The van der Waals surface area contributed by atoms with Crippen molar-refractivity contribution >= 4 is 29.3 Å². The fourth-order valence-electron chi connectivity index (χ4n) is 4.64. The monoisotopic (exact) mass is 472 g/mol. The number of carbonyl (C=O) groups excluding carboxylic acids is 1. The van der Waals surface area contributed by atoms with Crippen LogP contribution in [0.25, 0.3) is 11.8 Å². The van der Waals surface area contributed by atoms with E-state index < -0.39 is 0 Å². The molecule has 0 atom stereocenters. The zero-order valence-electron chi connectivity index (χ0n) is 20.1. The fourth-order valence-corrected chi connectivity index (χ4v) is 4.81. The van der Waals surface area contributed by atoms with E-state index in [9.17, 15) is 10.1 Å². The van der Waals surface area contributed by atoms with Crippen molar-refractivity contribution in [3.63, 3.8) is 0 Å². The summed E-state index contributed by atoms with van der Waals surface area (Å²) in [6, 6.07) is 18.3. The number of nitriles is 1. The largest absolute Gasteiger partial charge is 0.368 e. The molecule has 34 heavy (non-hydrogen) atoms. The van der Waals surface area contributed by atoms with Crippen LogP contribution in [-0.2, 0) is 4.79 Å². The van der Waals surface area contributed by atoms with Crippen molar-refractivity contribution in [3.8, 4) is 11.8 Å². The molecule has 1 amide bonds. The lowest BCUT2D eigenvalue weighted by Gasteiger charge is -2.36. The van der Waals surface area contributed by atoms with Crippen molar-refractivity contribution in [2.75, 3.05) is 31.1 Å². The van der Waals surface area contributed by atoms with E-state index in [0.29, 0.717) is 31.2 Å². The first kappa shape index (κ1) is 23.7. The van der Waals surface area contributed by atoms with Gasteiger partial charge in [0.1, 0.15) is 11.6 Å². The number of rotatable bonds is 4. The molecule has 4 rings (SSSR count). The molecule has 1 aliphatic heterocycles. The zero-order valence-corrected chi connectivity index (χ0v) is 20.9. The Labute approximate surface area is 206 Å². The summed E-state index contributed by atoms with van der Waals surface area (Å²) < 4.78 is 2.16. The number of aryl methyl sites for hydroxylation is 3. The average molecular weight is 473 g/mol.